The second-order valence-corrected chi connectivity index (χ2v) is 6.15. The van der Waals surface area contributed by atoms with Crippen LogP contribution in [-0.2, 0) is 4.79 Å². The lowest BCUT2D eigenvalue weighted by molar-refractivity contribution is -0.128. The van der Waals surface area contributed by atoms with Crippen molar-refractivity contribution in [1.82, 2.24) is 4.90 Å². The minimum Gasteiger partial charge on any atom is -0.316 e. The van der Waals surface area contributed by atoms with Crippen molar-refractivity contribution in [3.8, 4) is 0 Å². The minimum atomic E-state index is -0.328. The highest BCUT2D eigenvalue weighted by molar-refractivity contribution is 7.82. The Labute approximate surface area is 108 Å². The molecule has 2 heterocycles. The second-order valence-electron chi connectivity index (χ2n) is 5.47. The molecule has 0 radical (unpaired) electrons. The van der Waals surface area contributed by atoms with E-state index in [9.17, 15) is 4.79 Å². The molecule has 2 atom stereocenters. The van der Waals surface area contributed by atoms with E-state index in [1.54, 1.807) is 0 Å². The largest absolute Gasteiger partial charge is 0.316 e. The number of rotatable bonds is 0. The zero-order chi connectivity index (χ0) is 12.2. The molecule has 1 aliphatic carbocycles. The first-order valence-corrected chi connectivity index (χ1v) is 6.92. The van der Waals surface area contributed by atoms with Gasteiger partial charge in [-0.1, -0.05) is 18.1 Å². The molecule has 0 saturated heterocycles. The highest BCUT2D eigenvalue weighted by Gasteiger charge is 2.53. The third kappa shape index (κ3) is 1.32. The summed E-state index contributed by atoms with van der Waals surface area (Å²) in [6, 6.07) is 0. The van der Waals surface area contributed by atoms with Crippen molar-refractivity contribution in [3.05, 3.63) is 22.8 Å². The van der Waals surface area contributed by atoms with Crippen LogP contribution in [0.3, 0.4) is 0 Å². The highest BCUT2D eigenvalue weighted by Crippen LogP contribution is 2.52. The smallest absolute Gasteiger partial charge is 0.251 e. The van der Waals surface area contributed by atoms with Crippen LogP contribution < -0.4 is 0 Å². The van der Waals surface area contributed by atoms with Crippen LogP contribution in [0.1, 0.15) is 39.5 Å². The molecule has 2 unspecified atom stereocenters. The Morgan fingerprint density at radius 1 is 1.41 bits per heavy atom. The number of carbonyl (C=O) groups is 1. The molecule has 0 N–H and O–H groups in total. The zero-order valence-electron chi connectivity index (χ0n) is 10.5. The van der Waals surface area contributed by atoms with Crippen LogP contribution in [0.5, 0.6) is 0 Å². The summed E-state index contributed by atoms with van der Waals surface area (Å²) in [5, 5.41) is 0. The van der Waals surface area contributed by atoms with Gasteiger partial charge in [0.2, 0.25) is 0 Å². The van der Waals surface area contributed by atoms with Gasteiger partial charge in [-0.2, -0.15) is 0 Å². The van der Waals surface area contributed by atoms with E-state index >= 15 is 0 Å². The van der Waals surface area contributed by atoms with E-state index in [1.165, 1.54) is 36.8 Å². The Hall–Kier alpha value is -0.700. The zero-order valence-corrected chi connectivity index (χ0v) is 11.4. The van der Waals surface area contributed by atoms with Crippen LogP contribution >= 0.6 is 12.6 Å². The molecule has 2 aliphatic heterocycles. The maximum atomic E-state index is 12.2. The average molecular weight is 249 g/mol. The molecular formula is C14H19NOS. The molecule has 2 nitrogen and oxygen atoms in total. The summed E-state index contributed by atoms with van der Waals surface area (Å²) in [5.74, 6) is 0.619. The molecule has 0 aromatic carbocycles. The van der Waals surface area contributed by atoms with Crippen molar-refractivity contribution < 1.29 is 4.79 Å². The lowest BCUT2D eigenvalue weighted by Crippen LogP contribution is -2.53. The van der Waals surface area contributed by atoms with Crippen molar-refractivity contribution in [1.29, 1.82) is 0 Å². The summed E-state index contributed by atoms with van der Waals surface area (Å²) >= 11 is 4.95. The first-order chi connectivity index (χ1) is 8.06. The molecule has 92 valence electrons. The molecular weight excluding hydrogens is 230 g/mol. The molecule has 1 saturated carbocycles. The van der Waals surface area contributed by atoms with Crippen LogP contribution in [0, 0.1) is 5.92 Å². The molecule has 1 fully saturated rings. The predicted molar refractivity (Wildman–Crippen MR) is 71.8 cm³/mol. The maximum Gasteiger partial charge on any atom is 0.251 e. The van der Waals surface area contributed by atoms with Crippen molar-refractivity contribution >= 4 is 18.5 Å². The number of nitrogens with zero attached hydrogens (tertiary/aromatic N) is 1. The van der Waals surface area contributed by atoms with Gasteiger partial charge < -0.3 is 4.90 Å². The van der Waals surface area contributed by atoms with Crippen LogP contribution in [0.25, 0.3) is 0 Å². The first-order valence-electron chi connectivity index (χ1n) is 6.48. The Balaban J connectivity index is 2.10. The Morgan fingerprint density at radius 2 is 2.18 bits per heavy atom. The van der Waals surface area contributed by atoms with Crippen LogP contribution in [0.2, 0.25) is 0 Å². The van der Waals surface area contributed by atoms with Gasteiger partial charge in [-0.25, -0.2) is 0 Å². The van der Waals surface area contributed by atoms with E-state index in [1.807, 2.05) is 11.8 Å². The topological polar surface area (TPSA) is 20.3 Å². The fourth-order valence-corrected chi connectivity index (χ4v) is 4.25. The van der Waals surface area contributed by atoms with Gasteiger partial charge in [-0.15, -0.1) is 12.6 Å². The Morgan fingerprint density at radius 3 is 2.94 bits per heavy atom. The minimum absolute atomic E-state index is 0.179. The van der Waals surface area contributed by atoms with Crippen LogP contribution in [0.15, 0.2) is 22.8 Å². The molecule has 3 rings (SSSR count). The third-order valence-corrected chi connectivity index (χ3v) is 5.66. The Bertz CT molecular complexity index is 451. The molecule has 0 aromatic heterocycles. The number of hydrogen-bond donors (Lipinski definition) is 1. The van der Waals surface area contributed by atoms with Gasteiger partial charge >= 0.3 is 0 Å². The summed E-state index contributed by atoms with van der Waals surface area (Å²) in [6.07, 6.45) is 7.19. The molecule has 0 aromatic rings. The molecule has 1 amide bonds. The van der Waals surface area contributed by atoms with Crippen molar-refractivity contribution in [2.45, 2.75) is 44.4 Å². The van der Waals surface area contributed by atoms with E-state index in [0.29, 0.717) is 5.92 Å². The number of amides is 1. The molecule has 3 aliphatic rings. The fraction of sp³-hybridized carbons (Fsp3) is 0.643. The number of thiol groups is 1. The summed E-state index contributed by atoms with van der Waals surface area (Å²) in [5.41, 5.74) is 3.60. The van der Waals surface area contributed by atoms with Crippen LogP contribution in [0.4, 0.5) is 0 Å². The first kappa shape index (κ1) is 11.4. The lowest BCUT2D eigenvalue weighted by atomic mass is 9.75. The summed E-state index contributed by atoms with van der Waals surface area (Å²) in [7, 11) is 0. The summed E-state index contributed by atoms with van der Waals surface area (Å²) in [4.78, 5) is 13.9. The van der Waals surface area contributed by atoms with E-state index in [4.69, 9.17) is 12.6 Å². The van der Waals surface area contributed by atoms with Gasteiger partial charge in [-0.3, -0.25) is 4.79 Å². The third-order valence-electron chi connectivity index (χ3n) is 4.77. The SMILES string of the molecule is CC1=C(C)C2(S)C3CCCCC3=CCN2C1=O. The fourth-order valence-electron chi connectivity index (χ4n) is 3.62. The summed E-state index contributed by atoms with van der Waals surface area (Å²) < 4.78 is 0. The highest BCUT2D eigenvalue weighted by atomic mass is 32.1. The Kier molecular flexibility index (Phi) is 2.44. The van der Waals surface area contributed by atoms with Gasteiger partial charge in [0.15, 0.2) is 0 Å². The monoisotopic (exact) mass is 249 g/mol. The number of carbonyl (C=O) groups excluding carboxylic acids is 1. The van der Waals surface area contributed by atoms with Gasteiger partial charge in [0.1, 0.15) is 4.87 Å². The van der Waals surface area contributed by atoms with E-state index in [0.717, 1.165) is 12.1 Å². The van der Waals surface area contributed by atoms with Crippen LogP contribution in [-0.4, -0.2) is 22.2 Å². The number of fused-ring (bicyclic) bond motifs is 3. The predicted octanol–water partition coefficient (Wildman–Crippen LogP) is 2.92. The maximum absolute atomic E-state index is 12.2. The van der Waals surface area contributed by atoms with Gasteiger partial charge in [-0.05, 0) is 38.7 Å². The van der Waals surface area contributed by atoms with E-state index < -0.39 is 0 Å². The molecule has 0 bridgehead atoms. The van der Waals surface area contributed by atoms with Crippen molar-refractivity contribution in [3.63, 3.8) is 0 Å². The standard InChI is InChI=1S/C14H19NOS/c1-9-10(2)14(17)12-6-4-3-5-11(12)7-8-15(14)13(9)16/h7,12,17H,3-6,8H2,1-2H3. The molecule has 17 heavy (non-hydrogen) atoms. The van der Waals surface area contributed by atoms with Gasteiger partial charge in [0.25, 0.3) is 5.91 Å². The van der Waals surface area contributed by atoms with Gasteiger partial charge in [0, 0.05) is 18.0 Å². The normalized spacial score (nSPS) is 36.9. The average Bonchev–Trinajstić information content (AvgIpc) is 2.52. The summed E-state index contributed by atoms with van der Waals surface area (Å²) in [6.45, 7) is 4.76. The quantitative estimate of drug-likeness (QED) is 0.517. The number of hydrogen-bond acceptors (Lipinski definition) is 2. The molecule has 0 spiro atoms. The van der Waals surface area contributed by atoms with Crippen molar-refractivity contribution in [2.75, 3.05) is 6.54 Å². The lowest BCUT2D eigenvalue weighted by Gasteiger charge is -2.48. The van der Waals surface area contributed by atoms with E-state index in [2.05, 4.69) is 13.0 Å². The van der Waals surface area contributed by atoms with Crippen molar-refractivity contribution in [2.24, 2.45) is 5.92 Å². The second kappa shape index (κ2) is 3.64. The molecule has 3 heteroatoms. The van der Waals surface area contributed by atoms with Gasteiger partial charge in [0.05, 0.1) is 0 Å². The van der Waals surface area contributed by atoms with E-state index in [-0.39, 0.29) is 10.8 Å².